The van der Waals surface area contributed by atoms with Gasteiger partial charge in [0.1, 0.15) is 17.2 Å². The third-order valence-corrected chi connectivity index (χ3v) is 6.03. The first kappa shape index (κ1) is 22.7. The molecule has 0 spiro atoms. The quantitative estimate of drug-likeness (QED) is 0.592. The number of nitrogens with zero attached hydrogens (tertiary/aromatic N) is 3. The molecule has 1 amide bonds. The van der Waals surface area contributed by atoms with E-state index in [9.17, 15) is 14.3 Å². The van der Waals surface area contributed by atoms with Crippen LogP contribution in [0.1, 0.15) is 36.1 Å². The number of aromatic nitrogens is 2. The number of hydrogen-bond donors (Lipinski definition) is 1. The molecule has 0 aliphatic carbocycles. The third kappa shape index (κ3) is 5.14. The van der Waals surface area contributed by atoms with E-state index in [1.165, 1.54) is 18.2 Å². The van der Waals surface area contributed by atoms with E-state index < -0.39 is 5.60 Å². The molecule has 1 N–H and O–H groups in total. The maximum atomic E-state index is 13.3. The minimum absolute atomic E-state index is 0.171. The van der Waals surface area contributed by atoms with E-state index >= 15 is 0 Å². The number of benzene rings is 2. The molecule has 2 heterocycles. The Morgan fingerprint density at radius 3 is 2.70 bits per heavy atom. The van der Waals surface area contributed by atoms with Crippen molar-refractivity contribution >= 4 is 12.0 Å². The van der Waals surface area contributed by atoms with Crippen LogP contribution in [-0.2, 0) is 10.4 Å². The molecule has 7 heteroatoms. The number of carbonyl (C=O) groups is 1. The van der Waals surface area contributed by atoms with Crippen LogP contribution < -0.4 is 4.74 Å². The molecular formula is C26H28FN3O3. The minimum Gasteiger partial charge on any atom is -0.495 e. The monoisotopic (exact) mass is 449 g/mol. The Bertz CT molecular complexity index is 1160. The van der Waals surface area contributed by atoms with Gasteiger partial charge in [-0.1, -0.05) is 18.2 Å². The van der Waals surface area contributed by atoms with Crippen LogP contribution in [-0.4, -0.2) is 45.7 Å². The van der Waals surface area contributed by atoms with E-state index in [2.05, 4.69) is 4.98 Å². The number of aliphatic hydroxyl groups is 1. The fraction of sp³-hybridized carbons (Fsp3) is 0.308. The molecule has 4 rings (SSSR count). The standard InChI is InChI=1S/C26H28FN3O3/c1-19-16-30(18-28-19)23-11-5-20(15-24(23)33-2)6-12-25(31)29-14-4-3-13-26(32,17-29)21-7-9-22(27)10-8-21/h5-12,15-16,18,32H,3-4,13-14,17H2,1-2H3. The molecule has 6 nitrogen and oxygen atoms in total. The summed E-state index contributed by atoms with van der Waals surface area (Å²) in [5, 5.41) is 11.3. The Morgan fingerprint density at radius 1 is 1.21 bits per heavy atom. The molecule has 1 aliphatic heterocycles. The summed E-state index contributed by atoms with van der Waals surface area (Å²) in [6.07, 6.45) is 9.02. The molecule has 1 fully saturated rings. The second-order valence-corrected chi connectivity index (χ2v) is 8.44. The molecule has 3 aromatic rings. The molecule has 0 saturated carbocycles. The summed E-state index contributed by atoms with van der Waals surface area (Å²) < 4.78 is 20.8. The van der Waals surface area contributed by atoms with Crippen molar-refractivity contribution in [2.24, 2.45) is 0 Å². The Kier molecular flexibility index (Phi) is 6.60. The zero-order valence-corrected chi connectivity index (χ0v) is 18.9. The summed E-state index contributed by atoms with van der Waals surface area (Å²) in [5.41, 5.74) is 2.02. The number of methoxy groups -OCH3 is 1. The van der Waals surface area contributed by atoms with Crippen LogP contribution in [0.15, 0.2) is 61.1 Å². The highest BCUT2D eigenvalue weighted by Crippen LogP contribution is 2.31. The molecule has 1 saturated heterocycles. The number of ether oxygens (including phenoxy) is 1. The zero-order valence-electron chi connectivity index (χ0n) is 18.9. The van der Waals surface area contributed by atoms with Crippen LogP contribution in [0.5, 0.6) is 5.75 Å². The van der Waals surface area contributed by atoms with E-state index in [0.29, 0.717) is 24.3 Å². The first-order chi connectivity index (χ1) is 15.9. The first-order valence-corrected chi connectivity index (χ1v) is 11.0. The molecular weight excluding hydrogens is 421 g/mol. The largest absolute Gasteiger partial charge is 0.495 e. The number of aryl methyl sites for hydroxylation is 1. The van der Waals surface area contributed by atoms with Gasteiger partial charge in [0.25, 0.3) is 0 Å². The normalized spacial score (nSPS) is 19.0. The van der Waals surface area contributed by atoms with E-state index in [0.717, 1.165) is 29.8 Å². The lowest BCUT2D eigenvalue weighted by Crippen LogP contribution is -2.42. The zero-order chi connectivity index (χ0) is 23.4. The fourth-order valence-corrected chi connectivity index (χ4v) is 4.21. The molecule has 0 bridgehead atoms. The molecule has 1 aromatic heterocycles. The predicted octanol–water partition coefficient (Wildman–Crippen LogP) is 4.24. The summed E-state index contributed by atoms with van der Waals surface area (Å²) in [4.78, 5) is 18.9. The van der Waals surface area contributed by atoms with Crippen molar-refractivity contribution in [3.63, 3.8) is 0 Å². The van der Waals surface area contributed by atoms with E-state index in [-0.39, 0.29) is 18.3 Å². The number of carbonyl (C=O) groups excluding carboxylic acids is 1. The van der Waals surface area contributed by atoms with Crippen molar-refractivity contribution in [1.29, 1.82) is 0 Å². The van der Waals surface area contributed by atoms with Crippen LogP contribution in [0.25, 0.3) is 11.8 Å². The summed E-state index contributed by atoms with van der Waals surface area (Å²) in [7, 11) is 1.61. The molecule has 2 aromatic carbocycles. The number of rotatable bonds is 5. The lowest BCUT2D eigenvalue weighted by Gasteiger charge is -2.31. The average Bonchev–Trinajstić information content (AvgIpc) is 3.14. The van der Waals surface area contributed by atoms with Gasteiger partial charge in [-0.3, -0.25) is 4.79 Å². The van der Waals surface area contributed by atoms with E-state index in [4.69, 9.17) is 4.74 Å². The van der Waals surface area contributed by atoms with Gasteiger partial charge in [-0.25, -0.2) is 9.37 Å². The van der Waals surface area contributed by atoms with Crippen LogP contribution in [0.4, 0.5) is 4.39 Å². The summed E-state index contributed by atoms with van der Waals surface area (Å²) >= 11 is 0. The second kappa shape index (κ2) is 9.58. The van der Waals surface area contributed by atoms with Gasteiger partial charge in [-0.15, -0.1) is 0 Å². The Morgan fingerprint density at radius 2 is 2.00 bits per heavy atom. The molecule has 1 aliphatic rings. The summed E-state index contributed by atoms with van der Waals surface area (Å²) in [6.45, 7) is 2.66. The minimum atomic E-state index is -1.19. The van der Waals surface area contributed by atoms with E-state index in [1.807, 2.05) is 35.9 Å². The highest BCUT2D eigenvalue weighted by molar-refractivity contribution is 5.92. The molecule has 0 radical (unpaired) electrons. The predicted molar refractivity (Wildman–Crippen MR) is 125 cm³/mol. The maximum Gasteiger partial charge on any atom is 0.246 e. The van der Waals surface area contributed by atoms with Crippen molar-refractivity contribution < 1.29 is 19.0 Å². The highest BCUT2D eigenvalue weighted by Gasteiger charge is 2.34. The maximum absolute atomic E-state index is 13.3. The van der Waals surface area contributed by atoms with Crippen molar-refractivity contribution in [2.75, 3.05) is 20.2 Å². The fourth-order valence-electron chi connectivity index (χ4n) is 4.21. The number of imidazole rings is 1. The smallest absolute Gasteiger partial charge is 0.246 e. The second-order valence-electron chi connectivity index (χ2n) is 8.44. The van der Waals surface area contributed by atoms with Gasteiger partial charge >= 0.3 is 0 Å². The lowest BCUT2D eigenvalue weighted by molar-refractivity contribution is -0.129. The molecule has 172 valence electrons. The number of likely N-dealkylation sites (tertiary alicyclic amines) is 1. The van der Waals surface area contributed by atoms with Gasteiger partial charge in [0, 0.05) is 18.8 Å². The number of β-amino-alcohol motifs (C(OH)–C–C–N with tert-alkyl or cyclic N) is 1. The van der Waals surface area contributed by atoms with Gasteiger partial charge in [0.2, 0.25) is 5.91 Å². The van der Waals surface area contributed by atoms with Crippen LogP contribution in [0.2, 0.25) is 0 Å². The topological polar surface area (TPSA) is 67.6 Å². The third-order valence-electron chi connectivity index (χ3n) is 6.03. The SMILES string of the molecule is COc1cc(C=CC(=O)N2CCCCC(O)(c3ccc(F)cc3)C2)ccc1-n1cnc(C)c1. The summed E-state index contributed by atoms with van der Waals surface area (Å²) in [5.74, 6) is 0.143. The van der Waals surface area contributed by atoms with Crippen molar-refractivity contribution in [1.82, 2.24) is 14.5 Å². The number of hydrogen-bond acceptors (Lipinski definition) is 4. The Hall–Kier alpha value is -3.45. The van der Waals surface area contributed by atoms with E-state index in [1.54, 1.807) is 36.5 Å². The van der Waals surface area contributed by atoms with Gasteiger partial charge in [-0.05, 0) is 67.7 Å². The van der Waals surface area contributed by atoms with Gasteiger partial charge in [0.05, 0.1) is 31.4 Å². The average molecular weight is 450 g/mol. The Labute approximate surface area is 192 Å². The molecule has 33 heavy (non-hydrogen) atoms. The highest BCUT2D eigenvalue weighted by atomic mass is 19.1. The van der Waals surface area contributed by atoms with Gasteiger partial charge < -0.3 is 19.3 Å². The first-order valence-electron chi connectivity index (χ1n) is 11.0. The number of amides is 1. The number of halogens is 1. The van der Waals surface area contributed by atoms with Gasteiger partial charge in [-0.2, -0.15) is 0 Å². The van der Waals surface area contributed by atoms with Crippen molar-refractivity contribution in [2.45, 2.75) is 31.8 Å². The van der Waals surface area contributed by atoms with Crippen LogP contribution in [0.3, 0.4) is 0 Å². The van der Waals surface area contributed by atoms with Gasteiger partial charge in [0.15, 0.2) is 0 Å². The molecule has 1 atom stereocenters. The van der Waals surface area contributed by atoms with Crippen LogP contribution >= 0.6 is 0 Å². The van der Waals surface area contributed by atoms with Crippen molar-refractivity contribution in [3.05, 3.63) is 83.7 Å². The summed E-state index contributed by atoms with van der Waals surface area (Å²) in [6, 6.07) is 11.6. The van der Waals surface area contributed by atoms with Crippen LogP contribution in [0, 0.1) is 12.7 Å². The molecule has 1 unspecified atom stereocenters. The van der Waals surface area contributed by atoms with Crippen molar-refractivity contribution in [3.8, 4) is 11.4 Å². The Balaban J connectivity index is 1.51. The lowest BCUT2D eigenvalue weighted by atomic mass is 9.89.